The van der Waals surface area contributed by atoms with E-state index in [0.29, 0.717) is 23.7 Å². The maximum atomic E-state index is 12.6. The van der Waals surface area contributed by atoms with Crippen LogP contribution in [-0.4, -0.2) is 24.3 Å². The number of rotatable bonds is 1. The predicted octanol–water partition coefficient (Wildman–Crippen LogP) is 4.18. The molecule has 24 heavy (non-hydrogen) atoms. The zero-order valence-electron chi connectivity index (χ0n) is 15.8. The maximum absolute atomic E-state index is 12.6. The molecule has 0 heterocycles. The molecule has 1 spiro atoms. The lowest BCUT2D eigenvalue weighted by Gasteiger charge is -2.64. The third-order valence-electron chi connectivity index (χ3n) is 9.32. The van der Waals surface area contributed by atoms with Gasteiger partial charge < -0.3 is 9.84 Å². The van der Waals surface area contributed by atoms with Gasteiger partial charge in [0.2, 0.25) is 0 Å². The molecule has 0 aromatic rings. The molecule has 4 saturated carbocycles. The Morgan fingerprint density at radius 2 is 1.83 bits per heavy atom. The average molecular weight is 334 g/mol. The highest BCUT2D eigenvalue weighted by Gasteiger charge is 2.68. The van der Waals surface area contributed by atoms with Gasteiger partial charge >= 0.3 is 5.97 Å². The number of methoxy groups -OCH3 is 1. The van der Waals surface area contributed by atoms with Crippen molar-refractivity contribution in [3.8, 4) is 0 Å². The van der Waals surface area contributed by atoms with Crippen molar-refractivity contribution < 1.29 is 14.6 Å². The molecule has 136 valence electrons. The predicted molar refractivity (Wildman–Crippen MR) is 93.2 cm³/mol. The minimum absolute atomic E-state index is 0.0107. The summed E-state index contributed by atoms with van der Waals surface area (Å²) in [6.45, 7) is 6.86. The Labute approximate surface area is 146 Å². The fourth-order valence-electron chi connectivity index (χ4n) is 8.24. The van der Waals surface area contributed by atoms with Crippen LogP contribution < -0.4 is 0 Å². The second-order valence-corrected chi connectivity index (χ2v) is 9.99. The highest BCUT2D eigenvalue weighted by Crippen LogP contribution is 2.72. The number of hydrogen-bond donors (Lipinski definition) is 1. The minimum Gasteiger partial charge on any atom is -0.469 e. The fourth-order valence-corrected chi connectivity index (χ4v) is 8.24. The van der Waals surface area contributed by atoms with E-state index in [9.17, 15) is 9.90 Å². The maximum Gasteiger partial charge on any atom is 0.311 e. The van der Waals surface area contributed by atoms with Gasteiger partial charge in [-0.2, -0.15) is 0 Å². The van der Waals surface area contributed by atoms with Crippen LogP contribution in [0.3, 0.4) is 0 Å². The van der Waals surface area contributed by atoms with Crippen molar-refractivity contribution in [2.45, 2.75) is 78.2 Å². The van der Waals surface area contributed by atoms with Crippen molar-refractivity contribution in [3.05, 3.63) is 0 Å². The summed E-state index contributed by atoms with van der Waals surface area (Å²) in [5.74, 6) is 2.13. The van der Waals surface area contributed by atoms with Gasteiger partial charge in [0.05, 0.1) is 18.6 Å². The summed E-state index contributed by atoms with van der Waals surface area (Å²) in [4.78, 5) is 12.6. The van der Waals surface area contributed by atoms with E-state index in [1.54, 1.807) is 0 Å². The first kappa shape index (κ1) is 16.9. The molecule has 0 amide bonds. The minimum atomic E-state index is -0.338. The van der Waals surface area contributed by atoms with Crippen LogP contribution >= 0.6 is 0 Å². The summed E-state index contributed by atoms with van der Waals surface area (Å²) in [5, 5.41) is 11.2. The van der Waals surface area contributed by atoms with E-state index in [1.807, 2.05) is 0 Å². The number of carbonyl (C=O) groups excluding carboxylic acids is 1. The monoisotopic (exact) mass is 334 g/mol. The van der Waals surface area contributed by atoms with Crippen LogP contribution in [0, 0.1) is 39.9 Å². The van der Waals surface area contributed by atoms with Gasteiger partial charge in [0.25, 0.3) is 0 Å². The molecule has 4 aliphatic carbocycles. The first-order chi connectivity index (χ1) is 11.3. The molecular formula is C21H34O3. The molecule has 4 unspecified atom stereocenters. The van der Waals surface area contributed by atoms with Crippen LogP contribution in [0.1, 0.15) is 72.1 Å². The average Bonchev–Trinajstić information content (AvgIpc) is 2.74. The van der Waals surface area contributed by atoms with Gasteiger partial charge in [-0.25, -0.2) is 0 Å². The lowest BCUT2D eigenvalue weighted by atomic mass is 9.40. The second-order valence-electron chi connectivity index (χ2n) is 9.99. The summed E-state index contributed by atoms with van der Waals surface area (Å²) < 4.78 is 5.23. The lowest BCUT2D eigenvalue weighted by molar-refractivity contribution is -0.193. The van der Waals surface area contributed by atoms with E-state index < -0.39 is 0 Å². The van der Waals surface area contributed by atoms with E-state index in [1.165, 1.54) is 32.8 Å². The number of aliphatic hydroxyl groups is 1. The van der Waals surface area contributed by atoms with Gasteiger partial charge in [-0.15, -0.1) is 0 Å². The van der Waals surface area contributed by atoms with Gasteiger partial charge in [0, 0.05) is 5.41 Å². The molecule has 3 heteroatoms. The van der Waals surface area contributed by atoms with Crippen LogP contribution in [0.25, 0.3) is 0 Å². The molecule has 4 fully saturated rings. The van der Waals surface area contributed by atoms with Gasteiger partial charge in [-0.1, -0.05) is 20.3 Å². The molecule has 4 rings (SSSR count). The van der Waals surface area contributed by atoms with E-state index in [4.69, 9.17) is 4.74 Å². The Hall–Kier alpha value is -0.570. The summed E-state index contributed by atoms with van der Waals surface area (Å²) in [5.41, 5.74) is -0.0349. The van der Waals surface area contributed by atoms with E-state index in [0.717, 1.165) is 25.7 Å². The quantitative estimate of drug-likeness (QED) is 0.732. The fraction of sp³-hybridized carbons (Fsp3) is 0.952. The molecule has 2 bridgehead atoms. The molecule has 4 aliphatic rings. The number of fused-ring (bicyclic) bond motifs is 3. The van der Waals surface area contributed by atoms with E-state index >= 15 is 0 Å². The highest BCUT2D eigenvalue weighted by atomic mass is 16.5. The van der Waals surface area contributed by atoms with Gasteiger partial charge in [-0.05, 0) is 81.0 Å². The van der Waals surface area contributed by atoms with Crippen LogP contribution in [0.5, 0.6) is 0 Å². The summed E-state index contributed by atoms with van der Waals surface area (Å²) >= 11 is 0. The van der Waals surface area contributed by atoms with Crippen LogP contribution in [0.4, 0.5) is 0 Å². The van der Waals surface area contributed by atoms with Crippen LogP contribution in [0.15, 0.2) is 0 Å². The zero-order valence-corrected chi connectivity index (χ0v) is 15.8. The largest absolute Gasteiger partial charge is 0.469 e. The number of aliphatic hydroxyl groups excluding tert-OH is 1. The summed E-state index contributed by atoms with van der Waals surface area (Å²) in [6, 6.07) is 0. The molecule has 0 saturated heterocycles. The Morgan fingerprint density at radius 3 is 2.54 bits per heavy atom. The van der Waals surface area contributed by atoms with Crippen molar-refractivity contribution in [1.29, 1.82) is 0 Å². The molecule has 0 aromatic carbocycles. The molecule has 0 aliphatic heterocycles. The molecule has 8 atom stereocenters. The Balaban J connectivity index is 1.74. The standard InChI is InChI=1S/C21H34O3/c1-13-14-6-7-16-19(2)9-5-10-20(3,18(23)24-4)15(19)8-11-21(16,12-14)17(13)22/h13-17,22H,5-12H2,1-4H3/t13?,14?,15-,16-,17?,19+,20+,21?/m0/s1. The van der Waals surface area contributed by atoms with Crippen molar-refractivity contribution in [2.24, 2.45) is 39.9 Å². The Kier molecular flexibility index (Phi) is 3.67. The van der Waals surface area contributed by atoms with Crippen LogP contribution in [-0.2, 0) is 9.53 Å². The molecule has 3 nitrogen and oxygen atoms in total. The van der Waals surface area contributed by atoms with Crippen molar-refractivity contribution >= 4 is 5.97 Å². The third-order valence-corrected chi connectivity index (χ3v) is 9.32. The second kappa shape index (κ2) is 5.22. The smallest absolute Gasteiger partial charge is 0.311 e. The number of hydrogen-bond acceptors (Lipinski definition) is 3. The van der Waals surface area contributed by atoms with Crippen molar-refractivity contribution in [1.82, 2.24) is 0 Å². The first-order valence-corrected chi connectivity index (χ1v) is 10.1. The highest BCUT2D eigenvalue weighted by molar-refractivity contribution is 5.77. The van der Waals surface area contributed by atoms with Crippen LogP contribution in [0.2, 0.25) is 0 Å². The van der Waals surface area contributed by atoms with Gasteiger partial charge in [0.15, 0.2) is 0 Å². The third kappa shape index (κ3) is 1.86. The number of ether oxygens (including phenoxy) is 1. The topological polar surface area (TPSA) is 46.5 Å². The van der Waals surface area contributed by atoms with E-state index in [-0.39, 0.29) is 28.3 Å². The number of carbonyl (C=O) groups is 1. The molecule has 0 radical (unpaired) electrons. The van der Waals surface area contributed by atoms with Gasteiger partial charge in [0.1, 0.15) is 0 Å². The molecule has 0 aromatic heterocycles. The van der Waals surface area contributed by atoms with Crippen molar-refractivity contribution in [2.75, 3.05) is 7.11 Å². The van der Waals surface area contributed by atoms with Gasteiger partial charge in [-0.3, -0.25) is 4.79 Å². The first-order valence-electron chi connectivity index (χ1n) is 10.1. The SMILES string of the molecule is COC(=O)[C@]1(C)CCC[C@@]2(C)[C@@H]3CCC4CC3(CC[C@@H]21)C(O)C4C. The zero-order chi connectivity index (χ0) is 17.3. The summed E-state index contributed by atoms with van der Waals surface area (Å²) in [7, 11) is 1.54. The molecular weight excluding hydrogens is 300 g/mol. The van der Waals surface area contributed by atoms with Crippen molar-refractivity contribution in [3.63, 3.8) is 0 Å². The Morgan fingerprint density at radius 1 is 1.08 bits per heavy atom. The normalized spacial score (nSPS) is 56.3. The summed E-state index contributed by atoms with van der Waals surface area (Å²) in [6.07, 6.45) is 9.06. The number of esters is 1. The molecule has 1 N–H and O–H groups in total. The van der Waals surface area contributed by atoms with E-state index in [2.05, 4.69) is 20.8 Å². The lowest BCUT2D eigenvalue weighted by Crippen LogP contribution is -2.60. The Bertz CT molecular complexity index is 545.